The monoisotopic (exact) mass is 276 g/mol. The number of aliphatic imine (C=N–C) groups is 1. The zero-order valence-corrected chi connectivity index (χ0v) is 11.6. The maximum Gasteiger partial charge on any atom is 0.296 e. The lowest BCUT2D eigenvalue weighted by Gasteiger charge is -2.07. The van der Waals surface area contributed by atoms with Crippen LogP contribution < -0.4 is 0 Å². The summed E-state index contributed by atoms with van der Waals surface area (Å²) in [5, 5.41) is 0.671. The molecule has 0 spiro atoms. The van der Waals surface area contributed by atoms with Crippen LogP contribution in [0.25, 0.3) is 4.85 Å². The van der Waals surface area contributed by atoms with E-state index in [2.05, 4.69) is 9.84 Å². The molecule has 0 aliphatic heterocycles. The standard InChI is InChI=1S/C14H13ClN2S/c1-9(17-12-7-8-12)13(16-2)14(18)10-3-5-11(15)6-4-10/h3-6,12-13H,7-8H2,1H3. The van der Waals surface area contributed by atoms with E-state index in [0.717, 1.165) is 24.1 Å². The summed E-state index contributed by atoms with van der Waals surface area (Å²) in [6.07, 6.45) is 2.27. The van der Waals surface area contributed by atoms with Gasteiger partial charge in [-0.05, 0) is 37.5 Å². The minimum atomic E-state index is -0.429. The molecule has 1 aliphatic carbocycles. The summed E-state index contributed by atoms with van der Waals surface area (Å²) in [4.78, 5) is 8.75. The fourth-order valence-corrected chi connectivity index (χ4v) is 2.16. The Morgan fingerprint density at radius 3 is 2.56 bits per heavy atom. The second-order valence-electron chi connectivity index (χ2n) is 4.40. The molecule has 1 fully saturated rings. The predicted molar refractivity (Wildman–Crippen MR) is 79.7 cm³/mol. The summed E-state index contributed by atoms with van der Waals surface area (Å²) in [6, 6.07) is 7.28. The van der Waals surface area contributed by atoms with Crippen molar-refractivity contribution in [1.82, 2.24) is 0 Å². The quantitative estimate of drug-likeness (QED) is 0.352. The van der Waals surface area contributed by atoms with E-state index < -0.39 is 6.04 Å². The van der Waals surface area contributed by atoms with Gasteiger partial charge < -0.3 is 4.85 Å². The van der Waals surface area contributed by atoms with E-state index in [4.69, 9.17) is 30.4 Å². The molecular formula is C14H13ClN2S. The fourth-order valence-electron chi connectivity index (χ4n) is 1.68. The molecule has 1 aromatic rings. The average Bonchev–Trinajstić information content (AvgIpc) is 3.14. The van der Waals surface area contributed by atoms with Crippen LogP contribution in [0.5, 0.6) is 0 Å². The van der Waals surface area contributed by atoms with Gasteiger partial charge in [-0.25, -0.2) is 6.57 Å². The molecule has 0 N–H and O–H groups in total. The molecule has 0 bridgehead atoms. The van der Waals surface area contributed by atoms with Gasteiger partial charge in [0.15, 0.2) is 0 Å². The molecule has 1 unspecified atom stereocenters. The topological polar surface area (TPSA) is 16.7 Å². The molecule has 2 rings (SSSR count). The van der Waals surface area contributed by atoms with E-state index in [0.29, 0.717) is 15.9 Å². The third-order valence-corrected chi connectivity index (χ3v) is 3.55. The molecule has 1 aliphatic rings. The molecule has 0 heterocycles. The number of hydrogen-bond acceptors (Lipinski definition) is 2. The first-order chi connectivity index (χ1) is 8.61. The number of halogens is 1. The lowest BCUT2D eigenvalue weighted by atomic mass is 10.0. The molecule has 1 saturated carbocycles. The van der Waals surface area contributed by atoms with Gasteiger partial charge in [0.05, 0.1) is 11.8 Å². The summed E-state index contributed by atoms with van der Waals surface area (Å²) in [5.74, 6) is 0. The van der Waals surface area contributed by atoms with Crippen molar-refractivity contribution in [2.75, 3.05) is 0 Å². The van der Waals surface area contributed by atoms with Crippen LogP contribution in [0.2, 0.25) is 5.02 Å². The number of thiocarbonyl (C=S) groups is 1. The second-order valence-corrected chi connectivity index (χ2v) is 5.28. The van der Waals surface area contributed by atoms with Gasteiger partial charge in [-0.2, -0.15) is 0 Å². The van der Waals surface area contributed by atoms with Gasteiger partial charge in [0.1, 0.15) is 4.86 Å². The second kappa shape index (κ2) is 5.60. The van der Waals surface area contributed by atoms with Gasteiger partial charge in [0.25, 0.3) is 6.04 Å². The van der Waals surface area contributed by atoms with Crippen molar-refractivity contribution in [3.05, 3.63) is 46.3 Å². The summed E-state index contributed by atoms with van der Waals surface area (Å²) in [7, 11) is 0. The van der Waals surface area contributed by atoms with Crippen LogP contribution in [0.4, 0.5) is 0 Å². The summed E-state index contributed by atoms with van der Waals surface area (Å²) >= 11 is 11.2. The Morgan fingerprint density at radius 1 is 1.44 bits per heavy atom. The Labute approximate surface area is 118 Å². The van der Waals surface area contributed by atoms with Crippen LogP contribution >= 0.6 is 23.8 Å². The largest absolute Gasteiger partial charge is 0.301 e. The number of rotatable bonds is 4. The van der Waals surface area contributed by atoms with E-state index in [-0.39, 0.29) is 0 Å². The third-order valence-electron chi connectivity index (χ3n) is 2.83. The number of benzene rings is 1. The lowest BCUT2D eigenvalue weighted by molar-refractivity contribution is 1.05. The van der Waals surface area contributed by atoms with Gasteiger partial charge in [0.2, 0.25) is 0 Å². The maximum atomic E-state index is 7.31. The zero-order valence-electron chi connectivity index (χ0n) is 10.1. The summed E-state index contributed by atoms with van der Waals surface area (Å²) in [6.45, 7) is 9.20. The first-order valence-corrected chi connectivity index (χ1v) is 6.61. The Balaban J connectivity index is 2.19. The van der Waals surface area contributed by atoms with E-state index in [1.165, 1.54) is 0 Å². The highest BCUT2D eigenvalue weighted by Gasteiger charge is 2.28. The highest BCUT2D eigenvalue weighted by atomic mass is 35.5. The Hall–Kier alpha value is -1.24. The van der Waals surface area contributed by atoms with Gasteiger partial charge in [-0.15, -0.1) is 0 Å². The minimum absolute atomic E-state index is 0.419. The molecule has 0 aromatic heterocycles. The van der Waals surface area contributed by atoms with E-state index in [9.17, 15) is 0 Å². The molecule has 2 nitrogen and oxygen atoms in total. The number of nitrogens with zero attached hydrogens (tertiary/aromatic N) is 2. The Kier molecular flexibility index (Phi) is 4.11. The van der Waals surface area contributed by atoms with E-state index >= 15 is 0 Å². The van der Waals surface area contributed by atoms with Crippen LogP contribution in [0.15, 0.2) is 29.3 Å². The average molecular weight is 277 g/mol. The summed E-state index contributed by atoms with van der Waals surface area (Å²) in [5.41, 5.74) is 1.70. The molecule has 18 heavy (non-hydrogen) atoms. The van der Waals surface area contributed by atoms with Gasteiger partial charge in [-0.3, -0.25) is 4.99 Å². The SMILES string of the molecule is [C-]#[N+]C(C(=S)c1ccc(Cl)cc1)C(C)=NC1CC1. The molecular weight excluding hydrogens is 264 g/mol. The molecule has 1 atom stereocenters. The van der Waals surface area contributed by atoms with Crippen molar-refractivity contribution in [2.45, 2.75) is 31.8 Å². The van der Waals surface area contributed by atoms with Crippen molar-refractivity contribution >= 4 is 34.4 Å². The van der Waals surface area contributed by atoms with E-state index in [1.54, 1.807) is 12.1 Å². The maximum absolute atomic E-state index is 7.31. The fraction of sp³-hybridized carbons (Fsp3) is 0.357. The molecule has 0 radical (unpaired) electrons. The first kappa shape index (κ1) is 13.2. The highest BCUT2D eigenvalue weighted by Crippen LogP contribution is 2.24. The smallest absolute Gasteiger partial charge is 0.296 e. The highest BCUT2D eigenvalue weighted by molar-refractivity contribution is 7.81. The number of hydrogen-bond donors (Lipinski definition) is 0. The van der Waals surface area contributed by atoms with Crippen LogP contribution in [0.3, 0.4) is 0 Å². The predicted octanol–water partition coefficient (Wildman–Crippen LogP) is 3.97. The first-order valence-electron chi connectivity index (χ1n) is 5.82. The van der Waals surface area contributed by atoms with Crippen molar-refractivity contribution < 1.29 is 0 Å². The van der Waals surface area contributed by atoms with Crippen molar-refractivity contribution in [1.29, 1.82) is 0 Å². The molecule has 0 amide bonds. The molecule has 1 aromatic carbocycles. The van der Waals surface area contributed by atoms with Gasteiger partial charge in [0, 0.05) is 5.02 Å². The zero-order chi connectivity index (χ0) is 13.1. The normalized spacial score (nSPS) is 17.1. The Morgan fingerprint density at radius 2 is 2.06 bits per heavy atom. The van der Waals surface area contributed by atoms with Gasteiger partial charge >= 0.3 is 0 Å². The van der Waals surface area contributed by atoms with Crippen molar-refractivity contribution in [2.24, 2.45) is 4.99 Å². The van der Waals surface area contributed by atoms with E-state index in [1.807, 2.05) is 19.1 Å². The molecule has 4 heteroatoms. The van der Waals surface area contributed by atoms with Crippen LogP contribution in [-0.4, -0.2) is 22.7 Å². The van der Waals surface area contributed by atoms with Crippen molar-refractivity contribution in [3.8, 4) is 0 Å². The van der Waals surface area contributed by atoms with Crippen molar-refractivity contribution in [3.63, 3.8) is 0 Å². The van der Waals surface area contributed by atoms with Crippen LogP contribution in [0.1, 0.15) is 25.3 Å². The van der Waals surface area contributed by atoms with Gasteiger partial charge in [-0.1, -0.05) is 36.0 Å². The third kappa shape index (κ3) is 3.16. The summed E-state index contributed by atoms with van der Waals surface area (Å²) < 4.78 is 0. The minimum Gasteiger partial charge on any atom is -0.301 e. The Bertz CT molecular complexity index is 524. The van der Waals surface area contributed by atoms with Crippen LogP contribution in [-0.2, 0) is 0 Å². The molecule has 92 valence electrons. The lowest BCUT2D eigenvalue weighted by Crippen LogP contribution is -2.24. The van der Waals surface area contributed by atoms with Crippen LogP contribution in [0, 0.1) is 6.57 Å². The molecule has 0 saturated heterocycles.